The van der Waals surface area contributed by atoms with Crippen LogP contribution in [-0.2, 0) is 23.0 Å². The Hall–Kier alpha value is -2.16. The molecule has 0 aliphatic carbocycles. The van der Waals surface area contributed by atoms with Crippen LogP contribution in [0.5, 0.6) is 0 Å². The van der Waals surface area contributed by atoms with Gasteiger partial charge in [0.15, 0.2) is 0 Å². The SMILES string of the molecule is CCn1c(=O)sc2cc(S(=O)(=O)NCCCN3CCc4ccccc43)ccc21. The second-order valence-corrected chi connectivity index (χ2v) is 9.62. The van der Waals surface area contributed by atoms with Gasteiger partial charge < -0.3 is 4.90 Å². The first kappa shape index (κ1) is 19.2. The van der Waals surface area contributed by atoms with Crippen molar-refractivity contribution in [1.29, 1.82) is 0 Å². The summed E-state index contributed by atoms with van der Waals surface area (Å²) in [5, 5.41) is 0. The minimum Gasteiger partial charge on any atom is -0.371 e. The van der Waals surface area contributed by atoms with Gasteiger partial charge in [0.25, 0.3) is 0 Å². The van der Waals surface area contributed by atoms with Crippen LogP contribution in [0.3, 0.4) is 0 Å². The molecule has 1 aliphatic heterocycles. The largest absolute Gasteiger partial charge is 0.371 e. The van der Waals surface area contributed by atoms with Crippen molar-refractivity contribution in [2.24, 2.45) is 0 Å². The lowest BCUT2D eigenvalue weighted by Gasteiger charge is -2.19. The number of sulfonamides is 1. The normalized spacial score (nSPS) is 14.0. The molecule has 1 aliphatic rings. The summed E-state index contributed by atoms with van der Waals surface area (Å²) >= 11 is 1.08. The topological polar surface area (TPSA) is 71.4 Å². The molecule has 1 aromatic heterocycles. The summed E-state index contributed by atoms with van der Waals surface area (Å²) in [6.07, 6.45) is 1.78. The zero-order valence-corrected chi connectivity index (χ0v) is 17.4. The summed E-state index contributed by atoms with van der Waals surface area (Å²) in [6, 6.07) is 13.2. The molecule has 0 saturated carbocycles. The van der Waals surface area contributed by atoms with Gasteiger partial charge in [-0.25, -0.2) is 13.1 Å². The molecule has 0 spiro atoms. The van der Waals surface area contributed by atoms with Crippen molar-refractivity contribution in [2.45, 2.75) is 31.2 Å². The predicted molar refractivity (Wildman–Crippen MR) is 114 cm³/mol. The Morgan fingerprint density at radius 2 is 2.00 bits per heavy atom. The zero-order chi connectivity index (χ0) is 19.7. The van der Waals surface area contributed by atoms with Gasteiger partial charge in [-0.05, 0) is 49.6 Å². The quantitative estimate of drug-likeness (QED) is 0.600. The highest BCUT2D eigenvalue weighted by Gasteiger charge is 2.19. The van der Waals surface area contributed by atoms with Crippen LogP contribution in [0.1, 0.15) is 18.9 Å². The Bertz CT molecular complexity index is 1160. The molecule has 148 valence electrons. The van der Waals surface area contributed by atoms with Crippen LogP contribution < -0.4 is 14.5 Å². The number of hydrogen-bond acceptors (Lipinski definition) is 5. The van der Waals surface area contributed by atoms with Crippen molar-refractivity contribution < 1.29 is 8.42 Å². The first-order chi connectivity index (χ1) is 13.5. The van der Waals surface area contributed by atoms with Crippen LogP contribution in [0, 0.1) is 0 Å². The van der Waals surface area contributed by atoms with E-state index in [2.05, 4.69) is 27.8 Å². The zero-order valence-electron chi connectivity index (χ0n) is 15.7. The Morgan fingerprint density at radius 1 is 1.18 bits per heavy atom. The van der Waals surface area contributed by atoms with Crippen LogP contribution >= 0.6 is 11.3 Å². The Kier molecular flexibility index (Phi) is 5.27. The number of nitrogens with zero attached hydrogens (tertiary/aromatic N) is 2. The number of hydrogen-bond donors (Lipinski definition) is 1. The fourth-order valence-corrected chi connectivity index (χ4v) is 5.88. The lowest BCUT2D eigenvalue weighted by Crippen LogP contribution is -2.29. The van der Waals surface area contributed by atoms with Crippen molar-refractivity contribution in [3.05, 3.63) is 57.7 Å². The minimum atomic E-state index is -3.59. The molecule has 8 heteroatoms. The molecule has 0 amide bonds. The number of para-hydroxylation sites is 1. The maximum atomic E-state index is 12.6. The van der Waals surface area contributed by atoms with Gasteiger partial charge in [-0.15, -0.1) is 0 Å². The smallest absolute Gasteiger partial charge is 0.308 e. The molecule has 0 bridgehead atoms. The van der Waals surface area contributed by atoms with E-state index in [1.54, 1.807) is 22.8 Å². The third-order valence-corrected chi connectivity index (χ3v) is 7.55. The average molecular weight is 418 g/mol. The van der Waals surface area contributed by atoms with E-state index in [4.69, 9.17) is 0 Å². The monoisotopic (exact) mass is 417 g/mol. The van der Waals surface area contributed by atoms with E-state index in [9.17, 15) is 13.2 Å². The Morgan fingerprint density at radius 3 is 2.82 bits per heavy atom. The van der Waals surface area contributed by atoms with Gasteiger partial charge in [0, 0.05) is 31.9 Å². The van der Waals surface area contributed by atoms with Gasteiger partial charge >= 0.3 is 4.87 Å². The van der Waals surface area contributed by atoms with E-state index >= 15 is 0 Å². The number of nitrogens with one attached hydrogen (secondary N) is 1. The van der Waals surface area contributed by atoms with Crippen molar-refractivity contribution >= 4 is 37.3 Å². The van der Waals surface area contributed by atoms with Crippen LogP contribution in [0.4, 0.5) is 5.69 Å². The molecule has 4 rings (SSSR count). The summed E-state index contributed by atoms with van der Waals surface area (Å²) in [7, 11) is -3.59. The second kappa shape index (κ2) is 7.69. The maximum absolute atomic E-state index is 12.6. The van der Waals surface area contributed by atoms with E-state index in [-0.39, 0.29) is 9.77 Å². The standard InChI is InChI=1S/C20H23N3O3S2/c1-2-23-18-9-8-16(14-19(18)27-20(23)24)28(25,26)21-11-5-12-22-13-10-15-6-3-4-7-17(15)22/h3-4,6-9,14,21H,2,5,10-13H2,1H3. The summed E-state index contributed by atoms with van der Waals surface area (Å²) in [5.74, 6) is 0. The van der Waals surface area contributed by atoms with E-state index in [0.29, 0.717) is 17.8 Å². The number of aryl methyl sites for hydroxylation is 1. The first-order valence-corrected chi connectivity index (χ1v) is 11.8. The number of rotatable bonds is 7. The van der Waals surface area contributed by atoms with Crippen molar-refractivity contribution in [3.63, 3.8) is 0 Å². The molecule has 0 fully saturated rings. The number of benzene rings is 2. The van der Waals surface area contributed by atoms with Gasteiger partial charge in [0.2, 0.25) is 10.0 Å². The number of aromatic nitrogens is 1. The molecule has 2 heterocycles. The molecule has 2 aromatic carbocycles. The lowest BCUT2D eigenvalue weighted by atomic mass is 10.2. The Balaban J connectivity index is 1.39. The van der Waals surface area contributed by atoms with Gasteiger partial charge in [0.05, 0.1) is 15.1 Å². The maximum Gasteiger partial charge on any atom is 0.308 e. The highest BCUT2D eigenvalue weighted by Crippen LogP contribution is 2.27. The Labute approximate surface area is 168 Å². The molecular weight excluding hydrogens is 394 g/mol. The van der Waals surface area contributed by atoms with Crippen molar-refractivity contribution in [1.82, 2.24) is 9.29 Å². The average Bonchev–Trinajstić information content (AvgIpc) is 3.24. The highest BCUT2D eigenvalue weighted by atomic mass is 32.2. The first-order valence-electron chi connectivity index (χ1n) is 9.45. The van der Waals surface area contributed by atoms with Crippen LogP contribution in [0.25, 0.3) is 10.2 Å². The molecular formula is C20H23N3O3S2. The molecule has 0 unspecified atom stereocenters. The van der Waals surface area contributed by atoms with E-state index in [1.807, 2.05) is 13.0 Å². The van der Waals surface area contributed by atoms with Crippen LogP contribution in [-0.4, -0.2) is 32.6 Å². The molecule has 3 aromatic rings. The van der Waals surface area contributed by atoms with E-state index < -0.39 is 10.0 Å². The van der Waals surface area contributed by atoms with Crippen LogP contribution in [0.2, 0.25) is 0 Å². The second-order valence-electron chi connectivity index (χ2n) is 6.86. The molecule has 1 N–H and O–H groups in total. The van der Waals surface area contributed by atoms with E-state index in [1.165, 1.54) is 11.3 Å². The third kappa shape index (κ3) is 3.59. The molecule has 0 saturated heterocycles. The van der Waals surface area contributed by atoms with Crippen molar-refractivity contribution in [3.8, 4) is 0 Å². The highest BCUT2D eigenvalue weighted by molar-refractivity contribution is 7.89. The number of anilines is 1. The fraction of sp³-hybridized carbons (Fsp3) is 0.350. The number of fused-ring (bicyclic) bond motifs is 2. The summed E-state index contributed by atoms with van der Waals surface area (Å²) in [6.45, 7) is 4.65. The molecule has 0 atom stereocenters. The predicted octanol–water partition coefficient (Wildman–Crippen LogP) is 2.81. The third-order valence-electron chi connectivity index (χ3n) is 5.15. The van der Waals surface area contributed by atoms with E-state index in [0.717, 1.165) is 42.8 Å². The van der Waals surface area contributed by atoms with Crippen LogP contribution in [0.15, 0.2) is 52.2 Å². The summed E-state index contributed by atoms with van der Waals surface area (Å²) < 4.78 is 30.3. The summed E-state index contributed by atoms with van der Waals surface area (Å²) in [4.78, 5) is 14.4. The van der Waals surface area contributed by atoms with Gasteiger partial charge in [0.1, 0.15) is 0 Å². The van der Waals surface area contributed by atoms with Crippen molar-refractivity contribution in [2.75, 3.05) is 24.5 Å². The number of thiazole rings is 1. The summed E-state index contributed by atoms with van der Waals surface area (Å²) in [5.41, 5.74) is 3.39. The lowest BCUT2D eigenvalue weighted by molar-refractivity contribution is 0.578. The van der Waals surface area contributed by atoms with Gasteiger partial charge in [-0.3, -0.25) is 9.36 Å². The molecule has 0 radical (unpaired) electrons. The molecule has 6 nitrogen and oxygen atoms in total. The van der Waals surface area contributed by atoms with Gasteiger partial charge in [-0.2, -0.15) is 0 Å². The van der Waals surface area contributed by atoms with Gasteiger partial charge in [-0.1, -0.05) is 29.5 Å². The fourth-order valence-electron chi connectivity index (χ4n) is 3.71. The minimum absolute atomic E-state index is 0.0640. The molecule has 28 heavy (non-hydrogen) atoms.